The van der Waals surface area contributed by atoms with Gasteiger partial charge in [-0.15, -0.1) is 0 Å². The predicted molar refractivity (Wildman–Crippen MR) is 51.8 cm³/mol. The number of carbonyl (C=O) groups excluding carboxylic acids is 1. The summed E-state index contributed by atoms with van der Waals surface area (Å²) in [5, 5.41) is 0. The Bertz CT molecular complexity index is 346. The molecule has 0 saturated carbocycles. The summed E-state index contributed by atoms with van der Waals surface area (Å²) in [4.78, 5) is 11.6. The largest absolute Gasteiger partial charge is 0.321 e. The zero-order valence-electron chi connectivity index (χ0n) is 7.66. The zero-order valence-corrected chi connectivity index (χ0v) is 7.66. The fourth-order valence-electron chi connectivity index (χ4n) is 1.97. The first-order valence-corrected chi connectivity index (χ1v) is 4.59. The van der Waals surface area contributed by atoms with E-state index in [0.717, 1.165) is 17.5 Å². The molecule has 2 N–H and O–H groups in total. The topological polar surface area (TPSA) is 43.1 Å². The maximum atomic E-state index is 11.6. The molecule has 13 heavy (non-hydrogen) atoms. The highest BCUT2D eigenvalue weighted by atomic mass is 16.1. The summed E-state index contributed by atoms with van der Waals surface area (Å²) in [5.41, 5.74) is 7.70. The molecule has 0 bridgehead atoms. The molecule has 2 atom stereocenters. The van der Waals surface area contributed by atoms with Crippen molar-refractivity contribution in [3.8, 4) is 0 Å². The average Bonchev–Trinajstić information content (AvgIpc) is 2.15. The van der Waals surface area contributed by atoms with Crippen molar-refractivity contribution >= 4 is 5.78 Å². The van der Waals surface area contributed by atoms with Gasteiger partial charge in [0.1, 0.15) is 0 Å². The summed E-state index contributed by atoms with van der Waals surface area (Å²) in [6.07, 6.45) is 0.774. The Balaban J connectivity index is 2.54. The van der Waals surface area contributed by atoms with Crippen LogP contribution < -0.4 is 5.73 Å². The molecule has 0 amide bonds. The molecule has 1 aliphatic carbocycles. The Hall–Kier alpha value is -1.15. The molecule has 2 heteroatoms. The molecular formula is C11H13NO. The van der Waals surface area contributed by atoms with Crippen molar-refractivity contribution < 1.29 is 4.79 Å². The van der Waals surface area contributed by atoms with Crippen molar-refractivity contribution in [2.24, 2.45) is 5.73 Å². The van der Waals surface area contributed by atoms with E-state index in [1.165, 1.54) is 0 Å². The van der Waals surface area contributed by atoms with Crippen LogP contribution in [0.25, 0.3) is 0 Å². The third-order valence-electron chi connectivity index (χ3n) is 2.70. The number of nitrogens with two attached hydrogens (primary N) is 1. The lowest BCUT2D eigenvalue weighted by Crippen LogP contribution is -2.36. The minimum Gasteiger partial charge on any atom is -0.321 e. The summed E-state index contributed by atoms with van der Waals surface area (Å²) >= 11 is 0. The standard InChI is InChI=1S/C11H13NO/c1-7-6-10(12)11(13)9-5-3-2-4-8(7)9/h2-5,7,10H,6,12H2,1H3/t7-,10-/m1/s1. The second-order valence-corrected chi connectivity index (χ2v) is 3.69. The first kappa shape index (κ1) is 8.45. The minimum atomic E-state index is -0.301. The fourth-order valence-corrected chi connectivity index (χ4v) is 1.97. The van der Waals surface area contributed by atoms with Gasteiger partial charge in [0.05, 0.1) is 6.04 Å². The molecule has 2 rings (SSSR count). The monoisotopic (exact) mass is 175 g/mol. The Labute approximate surface area is 77.8 Å². The van der Waals surface area contributed by atoms with Gasteiger partial charge in [0, 0.05) is 5.56 Å². The highest BCUT2D eigenvalue weighted by Crippen LogP contribution is 2.29. The maximum Gasteiger partial charge on any atom is 0.179 e. The first-order valence-electron chi connectivity index (χ1n) is 4.59. The van der Waals surface area contributed by atoms with E-state index in [9.17, 15) is 4.79 Å². The quantitative estimate of drug-likeness (QED) is 0.652. The summed E-state index contributed by atoms with van der Waals surface area (Å²) in [7, 11) is 0. The van der Waals surface area contributed by atoms with Crippen molar-refractivity contribution in [1.29, 1.82) is 0 Å². The number of rotatable bonds is 0. The predicted octanol–water partition coefficient (Wildman–Crippen LogP) is 1.70. The average molecular weight is 175 g/mol. The lowest BCUT2D eigenvalue weighted by Gasteiger charge is -2.25. The molecule has 0 spiro atoms. The summed E-state index contributed by atoms with van der Waals surface area (Å²) in [6.45, 7) is 2.12. The van der Waals surface area contributed by atoms with E-state index in [1.807, 2.05) is 24.3 Å². The van der Waals surface area contributed by atoms with Gasteiger partial charge in [0.15, 0.2) is 5.78 Å². The van der Waals surface area contributed by atoms with E-state index < -0.39 is 0 Å². The molecule has 1 aliphatic rings. The summed E-state index contributed by atoms with van der Waals surface area (Å²) < 4.78 is 0. The van der Waals surface area contributed by atoms with E-state index in [1.54, 1.807) is 0 Å². The molecule has 68 valence electrons. The molecule has 0 unspecified atom stereocenters. The fraction of sp³-hybridized carbons (Fsp3) is 0.364. The Morgan fingerprint density at radius 3 is 2.85 bits per heavy atom. The van der Waals surface area contributed by atoms with Crippen LogP contribution in [0.5, 0.6) is 0 Å². The first-order chi connectivity index (χ1) is 6.20. The van der Waals surface area contributed by atoms with Crippen LogP contribution >= 0.6 is 0 Å². The van der Waals surface area contributed by atoms with Crippen LogP contribution in [0.4, 0.5) is 0 Å². The molecule has 1 aromatic rings. The van der Waals surface area contributed by atoms with Crippen molar-refractivity contribution in [3.63, 3.8) is 0 Å². The lowest BCUT2D eigenvalue weighted by atomic mass is 9.81. The SMILES string of the molecule is C[C@@H]1C[C@@H](N)C(=O)c2ccccc21. The summed E-state index contributed by atoms with van der Waals surface area (Å²) in [5.74, 6) is 0.498. The van der Waals surface area contributed by atoms with Gasteiger partial charge < -0.3 is 5.73 Å². The van der Waals surface area contributed by atoms with Gasteiger partial charge in [-0.3, -0.25) is 4.79 Å². The van der Waals surface area contributed by atoms with Crippen molar-refractivity contribution in [2.45, 2.75) is 25.3 Å². The molecule has 2 nitrogen and oxygen atoms in total. The van der Waals surface area contributed by atoms with Crippen LogP contribution in [0.2, 0.25) is 0 Å². The normalized spacial score (nSPS) is 27.1. The molecular weight excluding hydrogens is 162 g/mol. The molecule has 0 saturated heterocycles. The second-order valence-electron chi connectivity index (χ2n) is 3.69. The van der Waals surface area contributed by atoms with Gasteiger partial charge in [-0.25, -0.2) is 0 Å². The highest BCUT2D eigenvalue weighted by Gasteiger charge is 2.28. The second kappa shape index (κ2) is 2.96. The number of ketones is 1. The number of hydrogen-bond donors (Lipinski definition) is 1. The van der Waals surface area contributed by atoms with Crippen LogP contribution in [0, 0.1) is 0 Å². The van der Waals surface area contributed by atoms with Gasteiger partial charge in [-0.2, -0.15) is 0 Å². The number of hydrogen-bond acceptors (Lipinski definition) is 2. The third-order valence-corrected chi connectivity index (χ3v) is 2.70. The smallest absolute Gasteiger partial charge is 0.179 e. The Morgan fingerprint density at radius 2 is 2.08 bits per heavy atom. The van der Waals surface area contributed by atoms with E-state index >= 15 is 0 Å². The van der Waals surface area contributed by atoms with Crippen LogP contribution in [-0.2, 0) is 0 Å². The van der Waals surface area contributed by atoms with Gasteiger partial charge in [0.2, 0.25) is 0 Å². The summed E-state index contributed by atoms with van der Waals surface area (Å²) in [6, 6.07) is 7.45. The Morgan fingerprint density at radius 1 is 1.38 bits per heavy atom. The number of carbonyl (C=O) groups is 1. The molecule has 0 radical (unpaired) electrons. The number of benzene rings is 1. The number of fused-ring (bicyclic) bond motifs is 1. The van der Waals surface area contributed by atoms with E-state index in [4.69, 9.17) is 5.73 Å². The lowest BCUT2D eigenvalue weighted by molar-refractivity contribution is 0.0943. The Kier molecular flexibility index (Phi) is 1.93. The van der Waals surface area contributed by atoms with Gasteiger partial charge in [0.25, 0.3) is 0 Å². The van der Waals surface area contributed by atoms with Crippen molar-refractivity contribution in [1.82, 2.24) is 0 Å². The molecule has 0 fully saturated rings. The molecule has 0 heterocycles. The van der Waals surface area contributed by atoms with Crippen molar-refractivity contribution in [2.75, 3.05) is 0 Å². The van der Waals surface area contributed by atoms with Crippen LogP contribution in [0.15, 0.2) is 24.3 Å². The van der Waals surface area contributed by atoms with Gasteiger partial charge >= 0.3 is 0 Å². The highest BCUT2D eigenvalue weighted by molar-refractivity contribution is 6.02. The number of Topliss-reactive ketones (excluding diaryl/α,β-unsaturated/α-hetero) is 1. The van der Waals surface area contributed by atoms with Gasteiger partial charge in [-0.05, 0) is 17.9 Å². The van der Waals surface area contributed by atoms with Crippen LogP contribution in [0.1, 0.15) is 35.2 Å². The minimum absolute atomic E-state index is 0.0914. The third kappa shape index (κ3) is 1.27. The maximum absolute atomic E-state index is 11.6. The van der Waals surface area contributed by atoms with Crippen molar-refractivity contribution in [3.05, 3.63) is 35.4 Å². The van der Waals surface area contributed by atoms with E-state index in [0.29, 0.717) is 5.92 Å². The van der Waals surface area contributed by atoms with E-state index in [2.05, 4.69) is 6.92 Å². The van der Waals surface area contributed by atoms with Crippen LogP contribution in [-0.4, -0.2) is 11.8 Å². The molecule has 1 aromatic carbocycles. The van der Waals surface area contributed by atoms with Gasteiger partial charge in [-0.1, -0.05) is 31.2 Å². The zero-order chi connectivity index (χ0) is 9.42. The van der Waals surface area contributed by atoms with E-state index in [-0.39, 0.29) is 11.8 Å². The molecule has 0 aliphatic heterocycles. The van der Waals surface area contributed by atoms with Crippen LogP contribution in [0.3, 0.4) is 0 Å². The molecule has 0 aromatic heterocycles.